The number of rotatable bonds is 5. The molecular weight excluding hydrogens is 276 g/mol. The first-order valence-electron chi connectivity index (χ1n) is 6.45. The number of aromatic nitrogens is 2. The molecule has 0 bridgehead atoms. The van der Waals surface area contributed by atoms with Crippen LogP contribution in [0.3, 0.4) is 0 Å². The molecule has 0 aliphatic carbocycles. The van der Waals surface area contributed by atoms with Crippen molar-refractivity contribution < 1.29 is 9.53 Å². The lowest BCUT2D eigenvalue weighted by Crippen LogP contribution is -2.12. The lowest BCUT2D eigenvalue weighted by molar-refractivity contribution is 0.0982. The number of carbonyl (C=O) groups excluding carboxylic acids is 1. The minimum Gasteiger partial charge on any atom is -0.496 e. The molecule has 0 saturated carbocycles. The first-order valence-corrected chi connectivity index (χ1v) is 6.83. The molecule has 0 unspecified atom stereocenters. The molecule has 0 N–H and O–H groups in total. The zero-order valence-electron chi connectivity index (χ0n) is 11.8. The van der Waals surface area contributed by atoms with E-state index in [0.29, 0.717) is 23.0 Å². The molecule has 1 aromatic carbocycles. The second-order valence-electron chi connectivity index (χ2n) is 4.54. The van der Waals surface area contributed by atoms with Crippen molar-refractivity contribution in [1.29, 1.82) is 0 Å². The van der Waals surface area contributed by atoms with Crippen LogP contribution >= 0.6 is 11.6 Å². The minimum absolute atomic E-state index is 0.00742. The van der Waals surface area contributed by atoms with Crippen molar-refractivity contribution in [3.63, 3.8) is 0 Å². The van der Waals surface area contributed by atoms with Crippen LogP contribution in [0.2, 0.25) is 5.02 Å². The summed E-state index contributed by atoms with van der Waals surface area (Å²) in [5, 5.41) is 4.88. The van der Waals surface area contributed by atoms with E-state index in [0.717, 1.165) is 11.3 Å². The van der Waals surface area contributed by atoms with Gasteiger partial charge in [0.05, 0.1) is 12.8 Å². The van der Waals surface area contributed by atoms with Gasteiger partial charge < -0.3 is 4.74 Å². The highest BCUT2D eigenvalue weighted by molar-refractivity contribution is 6.30. The van der Waals surface area contributed by atoms with E-state index in [1.165, 1.54) is 0 Å². The van der Waals surface area contributed by atoms with Gasteiger partial charge in [-0.3, -0.25) is 9.48 Å². The Morgan fingerprint density at radius 1 is 1.40 bits per heavy atom. The molecule has 1 heterocycles. The number of benzene rings is 1. The lowest BCUT2D eigenvalue weighted by atomic mass is 10.1. The van der Waals surface area contributed by atoms with Crippen molar-refractivity contribution in [3.8, 4) is 5.75 Å². The van der Waals surface area contributed by atoms with Gasteiger partial charge in [0, 0.05) is 23.6 Å². The summed E-state index contributed by atoms with van der Waals surface area (Å²) < 4.78 is 6.98. The van der Waals surface area contributed by atoms with Gasteiger partial charge in [-0.15, -0.1) is 0 Å². The maximum atomic E-state index is 12.4. The smallest absolute Gasteiger partial charge is 0.185 e. The number of ketones is 1. The molecule has 0 fully saturated rings. The Kier molecular flexibility index (Phi) is 4.45. The average molecular weight is 293 g/mol. The standard InChI is InChI=1S/C15H17ClN2O2/c1-4-18-13(7-10(2)17-18)14(19)9-11-8-12(16)5-6-15(11)20-3/h5-8H,4,9H2,1-3H3. The molecule has 0 saturated heterocycles. The van der Waals surface area contributed by atoms with Crippen LogP contribution in [0.25, 0.3) is 0 Å². The van der Waals surface area contributed by atoms with Crippen molar-refractivity contribution in [1.82, 2.24) is 9.78 Å². The number of hydrogen-bond acceptors (Lipinski definition) is 3. The Morgan fingerprint density at radius 3 is 2.80 bits per heavy atom. The Hall–Kier alpha value is -1.81. The van der Waals surface area contributed by atoms with Crippen molar-refractivity contribution in [2.45, 2.75) is 26.8 Å². The number of aryl methyl sites for hydroxylation is 2. The first-order chi connectivity index (χ1) is 9.55. The summed E-state index contributed by atoms with van der Waals surface area (Å²) in [6.45, 7) is 4.51. The first kappa shape index (κ1) is 14.6. The molecule has 4 nitrogen and oxygen atoms in total. The third kappa shape index (κ3) is 3.02. The molecular formula is C15H17ClN2O2. The number of methoxy groups -OCH3 is 1. The van der Waals surface area contributed by atoms with Gasteiger partial charge in [0.15, 0.2) is 5.78 Å². The third-order valence-electron chi connectivity index (χ3n) is 3.08. The molecule has 2 rings (SSSR count). The molecule has 0 amide bonds. The van der Waals surface area contributed by atoms with Crippen LogP contribution in [-0.2, 0) is 13.0 Å². The average Bonchev–Trinajstić information content (AvgIpc) is 2.80. The van der Waals surface area contributed by atoms with E-state index in [1.54, 1.807) is 30.0 Å². The van der Waals surface area contributed by atoms with E-state index in [2.05, 4.69) is 5.10 Å². The fourth-order valence-electron chi connectivity index (χ4n) is 2.16. The molecule has 2 aromatic rings. The van der Waals surface area contributed by atoms with E-state index in [4.69, 9.17) is 16.3 Å². The van der Waals surface area contributed by atoms with Gasteiger partial charge in [-0.05, 0) is 38.1 Å². The van der Waals surface area contributed by atoms with Crippen molar-refractivity contribution in [2.24, 2.45) is 0 Å². The summed E-state index contributed by atoms with van der Waals surface area (Å²) in [6.07, 6.45) is 0.245. The summed E-state index contributed by atoms with van der Waals surface area (Å²) in [4.78, 5) is 12.4. The zero-order valence-corrected chi connectivity index (χ0v) is 12.6. The maximum Gasteiger partial charge on any atom is 0.185 e. The highest BCUT2D eigenvalue weighted by Gasteiger charge is 2.16. The molecule has 0 radical (unpaired) electrons. The van der Waals surface area contributed by atoms with Gasteiger partial charge in [-0.1, -0.05) is 11.6 Å². The quantitative estimate of drug-likeness (QED) is 0.794. The van der Waals surface area contributed by atoms with E-state index < -0.39 is 0 Å². The predicted octanol–water partition coefficient (Wildman–Crippen LogP) is 3.30. The van der Waals surface area contributed by atoms with Crippen molar-refractivity contribution >= 4 is 17.4 Å². The lowest BCUT2D eigenvalue weighted by Gasteiger charge is -2.09. The molecule has 0 spiro atoms. The topological polar surface area (TPSA) is 44.1 Å². The largest absolute Gasteiger partial charge is 0.496 e. The highest BCUT2D eigenvalue weighted by atomic mass is 35.5. The van der Waals surface area contributed by atoms with E-state index >= 15 is 0 Å². The van der Waals surface area contributed by atoms with Crippen molar-refractivity contribution in [3.05, 3.63) is 46.2 Å². The predicted molar refractivity (Wildman–Crippen MR) is 78.7 cm³/mol. The minimum atomic E-state index is 0.00742. The van der Waals surface area contributed by atoms with E-state index in [9.17, 15) is 4.79 Å². The molecule has 0 aliphatic heterocycles. The second kappa shape index (κ2) is 6.09. The number of ether oxygens (including phenoxy) is 1. The Morgan fingerprint density at radius 2 is 2.15 bits per heavy atom. The molecule has 20 heavy (non-hydrogen) atoms. The Bertz CT molecular complexity index is 635. The monoisotopic (exact) mass is 292 g/mol. The van der Waals surface area contributed by atoms with Crippen LogP contribution < -0.4 is 4.74 Å². The van der Waals surface area contributed by atoms with Crippen LogP contribution in [-0.4, -0.2) is 22.7 Å². The maximum absolute atomic E-state index is 12.4. The summed E-state index contributed by atoms with van der Waals surface area (Å²) >= 11 is 5.98. The molecule has 5 heteroatoms. The van der Waals surface area contributed by atoms with Crippen LogP contribution in [0.4, 0.5) is 0 Å². The van der Waals surface area contributed by atoms with E-state index in [-0.39, 0.29) is 12.2 Å². The third-order valence-corrected chi connectivity index (χ3v) is 3.32. The zero-order chi connectivity index (χ0) is 14.7. The van der Waals surface area contributed by atoms with Crippen LogP contribution in [0.15, 0.2) is 24.3 Å². The Labute approximate surface area is 123 Å². The normalized spacial score (nSPS) is 10.6. The number of halogens is 1. The molecule has 106 valence electrons. The van der Waals surface area contributed by atoms with Crippen molar-refractivity contribution in [2.75, 3.05) is 7.11 Å². The summed E-state index contributed by atoms with van der Waals surface area (Å²) in [6, 6.07) is 7.09. The summed E-state index contributed by atoms with van der Waals surface area (Å²) in [7, 11) is 1.58. The van der Waals surface area contributed by atoms with Gasteiger partial charge >= 0.3 is 0 Å². The fraction of sp³-hybridized carbons (Fsp3) is 0.333. The summed E-state index contributed by atoms with van der Waals surface area (Å²) in [5.74, 6) is 0.676. The second-order valence-corrected chi connectivity index (χ2v) is 4.98. The number of nitrogens with zero attached hydrogens (tertiary/aromatic N) is 2. The Balaban J connectivity index is 2.29. The van der Waals surface area contributed by atoms with Gasteiger partial charge in [0.1, 0.15) is 11.4 Å². The van der Waals surface area contributed by atoms with Gasteiger partial charge in [-0.25, -0.2) is 0 Å². The van der Waals surface area contributed by atoms with E-state index in [1.807, 2.05) is 19.9 Å². The van der Waals surface area contributed by atoms with Crippen LogP contribution in [0.5, 0.6) is 5.75 Å². The number of carbonyl (C=O) groups is 1. The van der Waals surface area contributed by atoms with Crippen LogP contribution in [0, 0.1) is 6.92 Å². The molecule has 1 aromatic heterocycles. The van der Waals surface area contributed by atoms with Crippen LogP contribution in [0.1, 0.15) is 28.7 Å². The fourth-order valence-corrected chi connectivity index (χ4v) is 2.35. The number of Topliss-reactive ketones (excluding diaryl/α,β-unsaturated/α-hetero) is 1. The van der Waals surface area contributed by atoms with Gasteiger partial charge in [0.25, 0.3) is 0 Å². The SMILES string of the molecule is CCn1nc(C)cc1C(=O)Cc1cc(Cl)ccc1OC. The highest BCUT2D eigenvalue weighted by Crippen LogP contribution is 2.24. The summed E-state index contributed by atoms with van der Waals surface area (Å²) in [5.41, 5.74) is 2.24. The number of hydrogen-bond donors (Lipinski definition) is 0. The molecule has 0 atom stereocenters. The van der Waals surface area contributed by atoms with Gasteiger partial charge in [0.2, 0.25) is 0 Å². The molecule has 0 aliphatic rings. The van der Waals surface area contributed by atoms with Gasteiger partial charge in [-0.2, -0.15) is 5.10 Å².